The van der Waals surface area contributed by atoms with Crippen molar-refractivity contribution in [2.45, 2.75) is 31.7 Å². The highest BCUT2D eigenvalue weighted by atomic mass is 35.5. The number of nitrogens with zero attached hydrogens (tertiary/aromatic N) is 3. The molecule has 1 fully saturated rings. The molecule has 5 rings (SSSR count). The SMILES string of the molecule is O=C(CN1CCC(Cc2ccccc2)CC1)N1N=C(c2ccccc2Cl)CC1c1ccccc1Cl. The Labute approximate surface area is 217 Å². The van der Waals surface area contributed by atoms with Gasteiger partial charge in [-0.2, -0.15) is 5.10 Å². The Kier molecular flexibility index (Phi) is 7.52. The lowest BCUT2D eigenvalue weighted by molar-refractivity contribution is -0.134. The van der Waals surface area contributed by atoms with Gasteiger partial charge < -0.3 is 0 Å². The van der Waals surface area contributed by atoms with Crippen LogP contribution in [-0.4, -0.2) is 41.2 Å². The number of hydrazone groups is 1. The fourth-order valence-corrected chi connectivity index (χ4v) is 5.65. The summed E-state index contributed by atoms with van der Waals surface area (Å²) in [4.78, 5) is 15.8. The predicted molar refractivity (Wildman–Crippen MR) is 143 cm³/mol. The molecule has 0 aliphatic carbocycles. The van der Waals surface area contributed by atoms with E-state index in [9.17, 15) is 4.79 Å². The van der Waals surface area contributed by atoms with Gasteiger partial charge in [0.2, 0.25) is 0 Å². The molecule has 35 heavy (non-hydrogen) atoms. The maximum atomic E-state index is 13.5. The molecule has 1 atom stereocenters. The highest BCUT2D eigenvalue weighted by Crippen LogP contribution is 2.37. The summed E-state index contributed by atoms with van der Waals surface area (Å²) in [5.41, 5.74) is 3.98. The van der Waals surface area contributed by atoms with Crippen molar-refractivity contribution in [3.05, 3.63) is 106 Å². The van der Waals surface area contributed by atoms with E-state index in [2.05, 4.69) is 35.2 Å². The number of piperidine rings is 1. The third kappa shape index (κ3) is 5.61. The van der Waals surface area contributed by atoms with Crippen LogP contribution in [0.25, 0.3) is 0 Å². The highest BCUT2D eigenvalue weighted by Gasteiger charge is 2.35. The first-order chi connectivity index (χ1) is 17.1. The molecule has 2 aliphatic rings. The molecule has 0 bridgehead atoms. The van der Waals surface area contributed by atoms with E-state index in [1.54, 1.807) is 5.01 Å². The Morgan fingerprint density at radius 3 is 2.23 bits per heavy atom. The molecule has 0 spiro atoms. The second kappa shape index (κ2) is 10.9. The number of hydrogen-bond acceptors (Lipinski definition) is 3. The van der Waals surface area contributed by atoms with Gasteiger partial charge in [-0.1, -0.05) is 89.9 Å². The van der Waals surface area contributed by atoms with E-state index in [1.165, 1.54) is 5.56 Å². The number of carbonyl (C=O) groups excluding carboxylic acids is 1. The summed E-state index contributed by atoms with van der Waals surface area (Å²) in [5, 5.41) is 7.70. The van der Waals surface area contributed by atoms with Gasteiger partial charge in [-0.05, 0) is 61.5 Å². The Morgan fingerprint density at radius 2 is 1.51 bits per heavy atom. The van der Waals surface area contributed by atoms with Crippen LogP contribution < -0.4 is 0 Å². The van der Waals surface area contributed by atoms with Crippen LogP contribution in [-0.2, 0) is 11.2 Å². The number of benzene rings is 3. The third-order valence-corrected chi connectivity index (χ3v) is 7.72. The average molecular weight is 506 g/mol. The molecule has 180 valence electrons. The van der Waals surface area contributed by atoms with Gasteiger partial charge in [0, 0.05) is 22.0 Å². The van der Waals surface area contributed by atoms with Gasteiger partial charge in [-0.15, -0.1) is 0 Å². The lowest BCUT2D eigenvalue weighted by atomic mass is 9.90. The second-order valence-electron chi connectivity index (χ2n) is 9.42. The van der Waals surface area contributed by atoms with Gasteiger partial charge >= 0.3 is 0 Å². The quantitative estimate of drug-likeness (QED) is 0.377. The fraction of sp³-hybridized carbons (Fsp3) is 0.310. The summed E-state index contributed by atoms with van der Waals surface area (Å²) in [6.45, 7) is 2.21. The molecule has 4 nitrogen and oxygen atoms in total. The normalized spacial score (nSPS) is 19.1. The van der Waals surface area contributed by atoms with E-state index in [1.807, 2.05) is 48.5 Å². The van der Waals surface area contributed by atoms with E-state index >= 15 is 0 Å². The summed E-state index contributed by atoms with van der Waals surface area (Å²) < 4.78 is 0. The zero-order valence-electron chi connectivity index (χ0n) is 19.6. The molecule has 1 unspecified atom stereocenters. The first-order valence-electron chi connectivity index (χ1n) is 12.2. The molecule has 0 N–H and O–H groups in total. The van der Waals surface area contributed by atoms with Gasteiger partial charge in [0.15, 0.2) is 0 Å². The molecule has 6 heteroatoms. The van der Waals surface area contributed by atoms with Gasteiger partial charge in [0.25, 0.3) is 5.91 Å². The summed E-state index contributed by atoms with van der Waals surface area (Å²) >= 11 is 13.0. The van der Waals surface area contributed by atoms with Gasteiger partial charge in [-0.25, -0.2) is 5.01 Å². The molecular weight excluding hydrogens is 477 g/mol. The molecule has 0 radical (unpaired) electrons. The fourth-order valence-electron chi connectivity index (χ4n) is 5.15. The number of halogens is 2. The van der Waals surface area contributed by atoms with Crippen LogP contribution >= 0.6 is 23.2 Å². The van der Waals surface area contributed by atoms with Gasteiger partial charge in [0.05, 0.1) is 18.3 Å². The minimum atomic E-state index is -0.238. The summed E-state index contributed by atoms with van der Waals surface area (Å²) in [7, 11) is 0. The molecule has 3 aromatic carbocycles. The van der Waals surface area contributed by atoms with Crippen molar-refractivity contribution in [2.75, 3.05) is 19.6 Å². The zero-order valence-corrected chi connectivity index (χ0v) is 21.1. The highest BCUT2D eigenvalue weighted by molar-refractivity contribution is 6.34. The van der Waals surface area contributed by atoms with Crippen LogP contribution in [0.1, 0.15) is 42.0 Å². The van der Waals surface area contributed by atoms with Crippen LogP contribution in [0.5, 0.6) is 0 Å². The minimum absolute atomic E-state index is 0.00140. The van der Waals surface area contributed by atoms with E-state index in [-0.39, 0.29) is 11.9 Å². The maximum absolute atomic E-state index is 13.5. The summed E-state index contributed by atoms with van der Waals surface area (Å²) in [6, 6.07) is 25.8. The molecule has 0 aromatic heterocycles. The number of amides is 1. The van der Waals surface area contributed by atoms with Crippen molar-refractivity contribution >= 4 is 34.8 Å². The number of likely N-dealkylation sites (tertiary alicyclic amines) is 1. The van der Waals surface area contributed by atoms with Crippen molar-refractivity contribution in [3.63, 3.8) is 0 Å². The van der Waals surface area contributed by atoms with E-state index in [4.69, 9.17) is 28.3 Å². The Morgan fingerprint density at radius 1 is 0.857 bits per heavy atom. The lowest BCUT2D eigenvalue weighted by Gasteiger charge is -2.33. The largest absolute Gasteiger partial charge is 0.294 e. The summed E-state index contributed by atoms with van der Waals surface area (Å²) in [5.74, 6) is 0.662. The van der Waals surface area contributed by atoms with E-state index in [0.29, 0.717) is 28.9 Å². The van der Waals surface area contributed by atoms with Crippen LogP contribution in [0.3, 0.4) is 0 Å². The van der Waals surface area contributed by atoms with Crippen LogP contribution in [0, 0.1) is 5.92 Å². The average Bonchev–Trinajstić information content (AvgIpc) is 3.32. The molecule has 2 heterocycles. The van der Waals surface area contributed by atoms with Crippen molar-refractivity contribution in [2.24, 2.45) is 11.0 Å². The molecule has 0 saturated carbocycles. The molecule has 1 saturated heterocycles. The standard InChI is InChI=1S/C29H29Cl2N3O/c30-25-12-6-4-10-23(25)27-19-28(24-11-5-7-13-26(24)31)34(32-27)29(35)20-33-16-14-22(15-17-33)18-21-8-2-1-3-9-21/h1-13,22,28H,14-20H2. The Bertz CT molecular complexity index is 1210. The summed E-state index contributed by atoms with van der Waals surface area (Å²) in [6.07, 6.45) is 3.89. The number of carbonyl (C=O) groups is 1. The van der Waals surface area contributed by atoms with Crippen molar-refractivity contribution < 1.29 is 4.79 Å². The van der Waals surface area contributed by atoms with Crippen molar-refractivity contribution in [1.29, 1.82) is 0 Å². The van der Waals surface area contributed by atoms with Gasteiger partial charge in [0.1, 0.15) is 0 Å². The predicted octanol–water partition coefficient (Wildman–Crippen LogP) is 6.63. The zero-order chi connectivity index (χ0) is 24.2. The molecular formula is C29H29Cl2N3O. The Hall–Kier alpha value is -2.66. The van der Waals surface area contributed by atoms with Crippen molar-refractivity contribution in [1.82, 2.24) is 9.91 Å². The third-order valence-electron chi connectivity index (χ3n) is 7.05. The van der Waals surface area contributed by atoms with E-state index < -0.39 is 0 Å². The molecule has 2 aliphatic heterocycles. The number of rotatable bonds is 6. The minimum Gasteiger partial charge on any atom is -0.294 e. The van der Waals surface area contributed by atoms with Crippen LogP contribution in [0.4, 0.5) is 0 Å². The topological polar surface area (TPSA) is 35.9 Å². The maximum Gasteiger partial charge on any atom is 0.257 e. The smallest absolute Gasteiger partial charge is 0.257 e. The Balaban J connectivity index is 1.29. The van der Waals surface area contributed by atoms with Crippen molar-refractivity contribution in [3.8, 4) is 0 Å². The first-order valence-corrected chi connectivity index (χ1v) is 13.0. The number of hydrogen-bond donors (Lipinski definition) is 0. The van der Waals surface area contributed by atoms with Crippen LogP contribution in [0.15, 0.2) is 84.0 Å². The second-order valence-corrected chi connectivity index (χ2v) is 10.2. The molecule has 3 aromatic rings. The molecule has 1 amide bonds. The van der Waals surface area contributed by atoms with Gasteiger partial charge in [-0.3, -0.25) is 9.69 Å². The first kappa shape index (κ1) is 24.1. The lowest BCUT2D eigenvalue weighted by Crippen LogP contribution is -2.42. The van der Waals surface area contributed by atoms with Crippen LogP contribution in [0.2, 0.25) is 10.0 Å². The monoisotopic (exact) mass is 505 g/mol. The van der Waals surface area contributed by atoms with E-state index in [0.717, 1.165) is 49.2 Å².